The van der Waals surface area contributed by atoms with Crippen LogP contribution in [0.25, 0.3) is 0 Å². The van der Waals surface area contributed by atoms with Gasteiger partial charge in [-0.25, -0.2) is 14.4 Å². The molecule has 0 spiro atoms. The molecule has 4 rings (SSSR count). The Morgan fingerprint density at radius 1 is 0.909 bits per heavy atom. The van der Waals surface area contributed by atoms with Crippen LogP contribution in [-0.4, -0.2) is 86.3 Å². The number of benzene rings is 3. The van der Waals surface area contributed by atoms with Crippen LogP contribution in [0.5, 0.6) is 5.75 Å². The molecule has 1 heterocycles. The van der Waals surface area contributed by atoms with Gasteiger partial charge in [0.05, 0.1) is 23.4 Å². The van der Waals surface area contributed by atoms with Crippen molar-refractivity contribution in [1.82, 2.24) is 14.7 Å². The van der Waals surface area contributed by atoms with E-state index in [0.717, 1.165) is 32.4 Å². The van der Waals surface area contributed by atoms with E-state index in [2.05, 4.69) is 0 Å². The summed E-state index contributed by atoms with van der Waals surface area (Å²) >= 11 is 0. The van der Waals surface area contributed by atoms with E-state index in [1.807, 2.05) is 6.07 Å². The summed E-state index contributed by atoms with van der Waals surface area (Å²) in [6.07, 6.45) is -3.87. The van der Waals surface area contributed by atoms with Crippen molar-refractivity contribution in [2.45, 2.75) is 25.1 Å². The van der Waals surface area contributed by atoms with Crippen LogP contribution >= 0.6 is 0 Å². The van der Waals surface area contributed by atoms with Crippen molar-refractivity contribution in [3.05, 3.63) is 106 Å². The van der Waals surface area contributed by atoms with Crippen LogP contribution in [0, 0.1) is 10.1 Å². The van der Waals surface area contributed by atoms with Gasteiger partial charge in [-0.3, -0.25) is 19.8 Å². The Bertz CT molecular complexity index is 1470. The summed E-state index contributed by atoms with van der Waals surface area (Å²) in [6, 6.07) is 20.2. The topological polar surface area (TPSA) is 180 Å². The lowest BCUT2D eigenvalue weighted by atomic mass is 10.0. The van der Waals surface area contributed by atoms with Crippen LogP contribution in [-0.2, 0) is 16.1 Å². The Balaban J connectivity index is 1.67. The number of esters is 1. The standard InChI is InChI=1S/C30H30N4O10/c35-27(43-20-21-7-3-1-4-8-21)17-26(22-9-5-2-6-10-22)33(30(40)44-25-13-11-23(12-14-25)34(41)42)19-24-18-31(28(36)37)15-16-32(24)29(38)39/h1-14,24,26H,15-20H2,(H,36,37)(H,38,39)/t24-,26?/m0/s1. The van der Waals surface area contributed by atoms with Gasteiger partial charge in [-0.15, -0.1) is 0 Å². The lowest BCUT2D eigenvalue weighted by Gasteiger charge is -2.42. The highest BCUT2D eigenvalue weighted by molar-refractivity contribution is 5.75. The van der Waals surface area contributed by atoms with Crippen molar-refractivity contribution in [2.75, 3.05) is 26.2 Å². The average Bonchev–Trinajstić information content (AvgIpc) is 3.02. The molecule has 0 bridgehead atoms. The van der Waals surface area contributed by atoms with Gasteiger partial charge in [0.2, 0.25) is 0 Å². The monoisotopic (exact) mass is 606 g/mol. The van der Waals surface area contributed by atoms with E-state index >= 15 is 0 Å². The highest BCUT2D eigenvalue weighted by Crippen LogP contribution is 2.29. The molecule has 3 amide bonds. The summed E-state index contributed by atoms with van der Waals surface area (Å²) in [5.41, 5.74) is 1.04. The van der Waals surface area contributed by atoms with Crippen LogP contribution in [0.4, 0.5) is 20.1 Å². The molecule has 0 aromatic heterocycles. The van der Waals surface area contributed by atoms with E-state index in [-0.39, 0.29) is 50.6 Å². The third kappa shape index (κ3) is 8.21. The molecule has 1 aliphatic heterocycles. The second-order valence-electron chi connectivity index (χ2n) is 9.91. The van der Waals surface area contributed by atoms with Crippen LogP contribution in [0.2, 0.25) is 0 Å². The lowest BCUT2D eigenvalue weighted by molar-refractivity contribution is -0.384. The molecule has 44 heavy (non-hydrogen) atoms. The number of carboxylic acid groups (broad SMARTS) is 2. The maximum absolute atomic E-state index is 13.8. The quantitative estimate of drug-likeness (QED) is 0.188. The third-order valence-corrected chi connectivity index (χ3v) is 7.06. The van der Waals surface area contributed by atoms with Crippen LogP contribution in [0.1, 0.15) is 23.6 Å². The Morgan fingerprint density at radius 3 is 2.14 bits per heavy atom. The molecule has 0 radical (unpaired) electrons. The van der Waals surface area contributed by atoms with Crippen LogP contribution in [0.15, 0.2) is 84.9 Å². The summed E-state index contributed by atoms with van der Waals surface area (Å²) < 4.78 is 11.0. The van der Waals surface area contributed by atoms with E-state index < -0.39 is 41.3 Å². The van der Waals surface area contributed by atoms with Gasteiger partial charge < -0.3 is 29.5 Å². The van der Waals surface area contributed by atoms with Crippen molar-refractivity contribution in [3.8, 4) is 5.75 Å². The minimum Gasteiger partial charge on any atom is -0.465 e. The number of nitro groups is 1. The fourth-order valence-electron chi connectivity index (χ4n) is 4.83. The van der Waals surface area contributed by atoms with Gasteiger partial charge >= 0.3 is 24.2 Å². The number of rotatable bonds is 10. The number of amides is 3. The minimum absolute atomic E-state index is 0.0165. The Morgan fingerprint density at radius 2 is 1.55 bits per heavy atom. The number of hydrogen-bond acceptors (Lipinski definition) is 8. The smallest absolute Gasteiger partial charge is 0.415 e. The summed E-state index contributed by atoms with van der Waals surface area (Å²) in [4.78, 5) is 64.5. The summed E-state index contributed by atoms with van der Waals surface area (Å²) in [7, 11) is 0. The average molecular weight is 607 g/mol. The van der Waals surface area contributed by atoms with Crippen molar-refractivity contribution in [2.24, 2.45) is 0 Å². The molecule has 14 heteroatoms. The molecular formula is C30H30N4O10. The maximum Gasteiger partial charge on any atom is 0.415 e. The molecule has 1 aliphatic rings. The number of non-ortho nitro benzene ring substituents is 1. The third-order valence-electron chi connectivity index (χ3n) is 7.06. The molecule has 2 atom stereocenters. The molecule has 1 unspecified atom stereocenters. The maximum atomic E-state index is 13.8. The molecule has 0 saturated carbocycles. The highest BCUT2D eigenvalue weighted by Gasteiger charge is 2.38. The number of ether oxygens (including phenoxy) is 2. The van der Waals surface area contributed by atoms with E-state index in [4.69, 9.17) is 9.47 Å². The van der Waals surface area contributed by atoms with Gasteiger partial charge in [0.25, 0.3) is 5.69 Å². The van der Waals surface area contributed by atoms with Crippen LogP contribution in [0.3, 0.4) is 0 Å². The highest BCUT2D eigenvalue weighted by atomic mass is 16.6. The summed E-state index contributed by atoms with van der Waals surface area (Å²) in [5, 5.41) is 30.5. The van der Waals surface area contributed by atoms with E-state index in [1.165, 1.54) is 12.1 Å². The molecular weight excluding hydrogens is 576 g/mol. The zero-order chi connectivity index (χ0) is 31.6. The Kier molecular flexibility index (Phi) is 10.3. The summed E-state index contributed by atoms with van der Waals surface area (Å²) in [5.74, 6) is -0.684. The molecule has 2 N–H and O–H groups in total. The molecule has 3 aromatic rings. The second kappa shape index (κ2) is 14.5. The number of nitro benzene ring substituents is 1. The fraction of sp³-hybridized carbons (Fsp3) is 0.267. The van der Waals surface area contributed by atoms with Gasteiger partial charge in [-0.2, -0.15) is 0 Å². The van der Waals surface area contributed by atoms with Crippen molar-refractivity contribution < 1.29 is 43.8 Å². The first kappa shape index (κ1) is 31.3. The van der Waals surface area contributed by atoms with E-state index in [0.29, 0.717) is 5.56 Å². The molecule has 1 saturated heterocycles. The molecule has 1 fully saturated rings. The first-order chi connectivity index (χ1) is 21.1. The minimum atomic E-state index is -1.30. The number of nitrogens with zero attached hydrogens (tertiary/aromatic N) is 4. The van der Waals surface area contributed by atoms with E-state index in [9.17, 15) is 39.5 Å². The predicted octanol–water partition coefficient (Wildman–Crippen LogP) is 4.61. The fourth-order valence-corrected chi connectivity index (χ4v) is 4.83. The van der Waals surface area contributed by atoms with Crippen LogP contribution < -0.4 is 4.74 Å². The zero-order valence-corrected chi connectivity index (χ0v) is 23.4. The Labute approximate surface area is 251 Å². The predicted molar refractivity (Wildman–Crippen MR) is 154 cm³/mol. The SMILES string of the molecule is O=C(CC(c1ccccc1)N(C[C@@H]1CN(C(=O)O)CCN1C(=O)O)C(=O)Oc1ccc([N+](=O)[O-])cc1)OCc1ccccc1. The van der Waals surface area contributed by atoms with E-state index in [1.54, 1.807) is 54.6 Å². The van der Waals surface area contributed by atoms with Gasteiger partial charge in [0, 0.05) is 38.3 Å². The zero-order valence-electron chi connectivity index (χ0n) is 23.4. The van der Waals surface area contributed by atoms with Gasteiger partial charge in [0.15, 0.2) is 0 Å². The molecule has 3 aromatic carbocycles. The molecule has 0 aliphatic carbocycles. The number of carbonyl (C=O) groups excluding carboxylic acids is 2. The van der Waals surface area contributed by atoms with Gasteiger partial charge in [-0.1, -0.05) is 60.7 Å². The number of carbonyl (C=O) groups is 4. The van der Waals surface area contributed by atoms with Crippen molar-refractivity contribution in [1.29, 1.82) is 0 Å². The first-order valence-corrected chi connectivity index (χ1v) is 13.6. The number of hydrogen-bond donors (Lipinski definition) is 2. The summed E-state index contributed by atoms with van der Waals surface area (Å²) in [6.45, 7) is -0.778. The normalized spacial score (nSPS) is 15.1. The number of piperazine rings is 1. The van der Waals surface area contributed by atoms with Gasteiger partial charge in [0.1, 0.15) is 12.4 Å². The lowest BCUT2D eigenvalue weighted by Crippen LogP contribution is -2.60. The molecule has 14 nitrogen and oxygen atoms in total. The second-order valence-corrected chi connectivity index (χ2v) is 9.91. The van der Waals surface area contributed by atoms with Crippen molar-refractivity contribution in [3.63, 3.8) is 0 Å². The Hall–Kier alpha value is -5.66. The molecule has 230 valence electrons. The van der Waals surface area contributed by atoms with Gasteiger partial charge in [-0.05, 0) is 23.3 Å². The first-order valence-electron chi connectivity index (χ1n) is 13.6. The largest absolute Gasteiger partial charge is 0.465 e. The van der Waals surface area contributed by atoms with Crippen molar-refractivity contribution >= 4 is 29.9 Å².